The van der Waals surface area contributed by atoms with E-state index in [-0.39, 0.29) is 11.8 Å². The van der Waals surface area contributed by atoms with Crippen molar-refractivity contribution in [3.63, 3.8) is 0 Å². The normalized spacial score (nSPS) is 13.0. The number of benzene rings is 2. The minimum absolute atomic E-state index is 0.146. The Morgan fingerprint density at radius 3 is 2.38 bits per heavy atom. The maximum absolute atomic E-state index is 12.6. The molecule has 0 atom stereocenters. The summed E-state index contributed by atoms with van der Waals surface area (Å²) in [7, 11) is 1.70. The first kappa shape index (κ1) is 19.1. The Labute approximate surface area is 173 Å². The minimum Gasteiger partial charge on any atom is -0.321 e. The van der Waals surface area contributed by atoms with Crippen molar-refractivity contribution >= 4 is 34.8 Å². The summed E-state index contributed by atoms with van der Waals surface area (Å²) >= 11 is 5.88. The molecule has 1 N–H and O–H groups in total. The molecule has 4 rings (SSSR count). The molecule has 3 aromatic rings. The summed E-state index contributed by atoms with van der Waals surface area (Å²) < 4.78 is 0. The second-order valence-corrected chi connectivity index (χ2v) is 7.38. The number of carbonyl (C=O) groups excluding carboxylic acids is 2. The largest absolute Gasteiger partial charge is 0.321 e. The lowest BCUT2D eigenvalue weighted by molar-refractivity contribution is 0.0990. The number of carbonyl (C=O) groups is 2. The van der Waals surface area contributed by atoms with Gasteiger partial charge in [-0.3, -0.25) is 9.59 Å². The van der Waals surface area contributed by atoms with Crippen molar-refractivity contribution < 1.29 is 9.59 Å². The van der Waals surface area contributed by atoms with Gasteiger partial charge in [0.25, 0.3) is 11.8 Å². The van der Waals surface area contributed by atoms with Crippen LogP contribution in [0.15, 0.2) is 60.8 Å². The van der Waals surface area contributed by atoms with Gasteiger partial charge in [-0.1, -0.05) is 11.6 Å². The molecule has 2 amide bonds. The molecule has 1 fully saturated rings. The van der Waals surface area contributed by atoms with Crippen LogP contribution >= 0.6 is 11.6 Å². The fourth-order valence-electron chi connectivity index (χ4n) is 2.91. The van der Waals surface area contributed by atoms with Crippen molar-refractivity contribution in [3.8, 4) is 0 Å². The molecule has 1 heterocycles. The van der Waals surface area contributed by atoms with Crippen LogP contribution in [0.25, 0.3) is 0 Å². The van der Waals surface area contributed by atoms with Gasteiger partial charge in [-0.2, -0.15) is 0 Å². The molecule has 0 spiro atoms. The van der Waals surface area contributed by atoms with Gasteiger partial charge in [0, 0.05) is 41.1 Å². The van der Waals surface area contributed by atoms with Gasteiger partial charge in [0.15, 0.2) is 0 Å². The lowest BCUT2D eigenvalue weighted by Gasteiger charge is -2.18. The van der Waals surface area contributed by atoms with Gasteiger partial charge < -0.3 is 10.2 Å². The Hall–Kier alpha value is -3.25. The third-order valence-electron chi connectivity index (χ3n) is 4.76. The van der Waals surface area contributed by atoms with Gasteiger partial charge in [0.05, 0.1) is 0 Å². The molecule has 6 nitrogen and oxygen atoms in total. The van der Waals surface area contributed by atoms with Crippen molar-refractivity contribution in [2.75, 3.05) is 17.3 Å². The van der Waals surface area contributed by atoms with Crippen LogP contribution in [0.1, 0.15) is 45.4 Å². The number of nitrogens with one attached hydrogen (secondary N) is 1. The van der Waals surface area contributed by atoms with Crippen molar-refractivity contribution in [3.05, 3.63) is 82.9 Å². The maximum atomic E-state index is 12.6. The Bertz CT molecular complexity index is 1050. The van der Waals surface area contributed by atoms with E-state index in [9.17, 15) is 9.59 Å². The fourth-order valence-corrected chi connectivity index (χ4v) is 3.03. The van der Waals surface area contributed by atoms with Gasteiger partial charge >= 0.3 is 0 Å². The highest BCUT2D eigenvalue weighted by Gasteiger charge is 2.27. The van der Waals surface area contributed by atoms with Gasteiger partial charge in [0.1, 0.15) is 11.5 Å². The zero-order valence-corrected chi connectivity index (χ0v) is 16.6. The smallest absolute Gasteiger partial charge is 0.274 e. The van der Waals surface area contributed by atoms with Crippen molar-refractivity contribution in [1.29, 1.82) is 0 Å². The summed E-state index contributed by atoms with van der Waals surface area (Å²) in [6.07, 6.45) is 3.78. The van der Waals surface area contributed by atoms with E-state index in [2.05, 4.69) is 15.3 Å². The Morgan fingerprint density at radius 2 is 1.72 bits per heavy atom. The maximum Gasteiger partial charge on any atom is 0.274 e. The number of rotatable bonds is 5. The van der Waals surface area contributed by atoms with Crippen LogP contribution in [0.5, 0.6) is 0 Å². The summed E-state index contributed by atoms with van der Waals surface area (Å²) in [6, 6.07) is 15.4. The fraction of sp³-hybridized carbons (Fsp3) is 0.182. The zero-order valence-electron chi connectivity index (χ0n) is 15.8. The first-order valence-electron chi connectivity index (χ1n) is 9.29. The van der Waals surface area contributed by atoms with Crippen molar-refractivity contribution in [1.82, 2.24) is 9.97 Å². The summed E-state index contributed by atoms with van der Waals surface area (Å²) in [5.74, 6) is 0.686. The van der Waals surface area contributed by atoms with Crippen LogP contribution in [0.3, 0.4) is 0 Å². The van der Waals surface area contributed by atoms with E-state index in [1.54, 1.807) is 72.7 Å². The number of hydrogen-bond acceptors (Lipinski definition) is 4. The molecular formula is C22H19ClN4O2. The highest BCUT2D eigenvalue weighted by molar-refractivity contribution is 6.30. The van der Waals surface area contributed by atoms with E-state index < -0.39 is 0 Å². The molecule has 1 aromatic heterocycles. The quantitative estimate of drug-likeness (QED) is 0.675. The lowest BCUT2D eigenvalue weighted by atomic mass is 10.2. The van der Waals surface area contributed by atoms with Gasteiger partial charge in [-0.05, 0) is 67.4 Å². The minimum atomic E-state index is -0.285. The second-order valence-electron chi connectivity index (χ2n) is 6.95. The van der Waals surface area contributed by atoms with Gasteiger partial charge in [0.2, 0.25) is 0 Å². The number of anilines is 2. The molecule has 1 aliphatic carbocycles. The first-order valence-corrected chi connectivity index (χ1v) is 9.67. The summed E-state index contributed by atoms with van der Waals surface area (Å²) in [5, 5.41) is 3.41. The van der Waals surface area contributed by atoms with Gasteiger partial charge in [-0.25, -0.2) is 9.97 Å². The SMILES string of the molecule is CN(C(=O)c1ccc(Cl)cc1)c1ccc(NC(=O)c2ccnc(C3CC3)n2)cc1. The van der Waals surface area contributed by atoms with E-state index >= 15 is 0 Å². The Morgan fingerprint density at radius 1 is 1.03 bits per heavy atom. The number of nitrogens with zero attached hydrogens (tertiary/aromatic N) is 3. The van der Waals surface area contributed by atoms with E-state index in [1.165, 1.54) is 0 Å². The molecule has 2 aromatic carbocycles. The highest BCUT2D eigenvalue weighted by Crippen LogP contribution is 2.37. The monoisotopic (exact) mass is 406 g/mol. The summed E-state index contributed by atoms with van der Waals surface area (Å²) in [4.78, 5) is 35.2. The molecule has 0 unspecified atom stereocenters. The standard InChI is InChI=1S/C22H19ClN4O2/c1-27(22(29)15-4-6-16(23)7-5-15)18-10-8-17(9-11-18)25-21(28)19-12-13-24-20(26-19)14-2-3-14/h4-14H,2-3H2,1H3,(H,25,28). The number of hydrogen-bond donors (Lipinski definition) is 1. The molecule has 1 saturated carbocycles. The highest BCUT2D eigenvalue weighted by atomic mass is 35.5. The zero-order chi connectivity index (χ0) is 20.4. The molecule has 1 aliphatic rings. The predicted octanol–water partition coefficient (Wildman–Crippen LogP) is 4.54. The van der Waals surface area contributed by atoms with Crippen LogP contribution in [0.4, 0.5) is 11.4 Å². The van der Waals surface area contributed by atoms with Crippen LogP contribution in [-0.4, -0.2) is 28.8 Å². The van der Waals surface area contributed by atoms with Crippen molar-refractivity contribution in [2.24, 2.45) is 0 Å². The van der Waals surface area contributed by atoms with E-state index in [1.807, 2.05) is 0 Å². The molecule has 7 heteroatoms. The van der Waals surface area contributed by atoms with Crippen LogP contribution in [-0.2, 0) is 0 Å². The van der Waals surface area contributed by atoms with Crippen molar-refractivity contribution in [2.45, 2.75) is 18.8 Å². The first-order chi connectivity index (χ1) is 14.0. The average Bonchev–Trinajstić information content (AvgIpc) is 3.59. The molecule has 0 saturated heterocycles. The predicted molar refractivity (Wildman–Crippen MR) is 113 cm³/mol. The molecule has 29 heavy (non-hydrogen) atoms. The van der Waals surface area contributed by atoms with E-state index in [4.69, 9.17) is 11.6 Å². The Kier molecular flexibility index (Phi) is 5.27. The molecular weight excluding hydrogens is 388 g/mol. The second kappa shape index (κ2) is 8.01. The van der Waals surface area contributed by atoms with E-state index in [0.717, 1.165) is 18.7 Å². The topological polar surface area (TPSA) is 75.2 Å². The average molecular weight is 407 g/mol. The summed E-state index contributed by atoms with van der Waals surface area (Å²) in [5.41, 5.74) is 2.23. The van der Waals surface area contributed by atoms with E-state index in [0.29, 0.717) is 33.6 Å². The number of amides is 2. The summed E-state index contributed by atoms with van der Waals surface area (Å²) in [6.45, 7) is 0. The van der Waals surface area contributed by atoms with Crippen LogP contribution < -0.4 is 10.2 Å². The van der Waals surface area contributed by atoms with Gasteiger partial charge in [-0.15, -0.1) is 0 Å². The molecule has 146 valence electrons. The molecule has 0 aliphatic heterocycles. The van der Waals surface area contributed by atoms with Crippen LogP contribution in [0, 0.1) is 0 Å². The number of halogens is 1. The lowest BCUT2D eigenvalue weighted by Crippen LogP contribution is -2.26. The molecule has 0 bridgehead atoms. The molecule has 0 radical (unpaired) electrons. The third kappa shape index (κ3) is 4.43. The third-order valence-corrected chi connectivity index (χ3v) is 5.01. The Balaban J connectivity index is 1.43. The number of aromatic nitrogens is 2. The van der Waals surface area contributed by atoms with Crippen LogP contribution in [0.2, 0.25) is 5.02 Å².